The van der Waals surface area contributed by atoms with Gasteiger partial charge in [0.2, 0.25) is 5.75 Å². The van der Waals surface area contributed by atoms with Crippen LogP contribution >= 0.6 is 0 Å². The molecule has 21 heavy (non-hydrogen) atoms. The van der Waals surface area contributed by atoms with Gasteiger partial charge in [0, 0.05) is 6.07 Å². The number of non-ortho nitro benzene ring substituents is 1. The summed E-state index contributed by atoms with van der Waals surface area (Å²) in [4.78, 5) is 20.2. The summed E-state index contributed by atoms with van der Waals surface area (Å²) in [6, 6.07) is 11.5. The standard InChI is InChI=1S/C13H7N3O5/c14-8-9-6-10(15(17)18)7-12(16(19)20)13(9)21-11-4-2-1-3-5-11/h1-7H. The maximum absolute atomic E-state index is 11.0. The highest BCUT2D eigenvalue weighted by Gasteiger charge is 2.26. The van der Waals surface area contributed by atoms with Crippen LogP contribution in [0, 0.1) is 31.6 Å². The number of para-hydroxylation sites is 1. The zero-order valence-electron chi connectivity index (χ0n) is 10.4. The average Bonchev–Trinajstić information content (AvgIpc) is 2.47. The molecule has 0 aliphatic rings. The first-order valence-electron chi connectivity index (χ1n) is 5.62. The van der Waals surface area contributed by atoms with Crippen molar-refractivity contribution in [2.75, 3.05) is 0 Å². The lowest BCUT2D eigenvalue weighted by Crippen LogP contribution is -1.99. The predicted octanol–water partition coefficient (Wildman–Crippen LogP) is 3.17. The van der Waals surface area contributed by atoms with Crippen LogP contribution in [0.3, 0.4) is 0 Å². The molecule has 0 aliphatic heterocycles. The normalized spacial score (nSPS) is 9.67. The SMILES string of the molecule is N#Cc1cc([N+](=O)[O-])cc([N+](=O)[O-])c1Oc1ccccc1. The van der Waals surface area contributed by atoms with Crippen molar-refractivity contribution in [3.8, 4) is 17.6 Å². The number of nitrogens with zero attached hydrogens (tertiary/aromatic N) is 3. The molecule has 2 aromatic rings. The van der Waals surface area contributed by atoms with E-state index in [9.17, 15) is 20.2 Å². The van der Waals surface area contributed by atoms with Crippen LogP contribution in [0.25, 0.3) is 0 Å². The monoisotopic (exact) mass is 285 g/mol. The van der Waals surface area contributed by atoms with Crippen molar-refractivity contribution in [3.63, 3.8) is 0 Å². The predicted molar refractivity (Wildman–Crippen MR) is 71.0 cm³/mol. The van der Waals surface area contributed by atoms with Crippen molar-refractivity contribution in [3.05, 3.63) is 68.3 Å². The van der Waals surface area contributed by atoms with E-state index in [0.717, 1.165) is 12.1 Å². The molecule has 0 bridgehead atoms. The lowest BCUT2D eigenvalue weighted by molar-refractivity contribution is -0.394. The molecule has 8 heteroatoms. The number of hydrogen-bond donors (Lipinski definition) is 0. The number of rotatable bonds is 4. The van der Waals surface area contributed by atoms with Crippen LogP contribution in [-0.4, -0.2) is 9.85 Å². The van der Waals surface area contributed by atoms with Crippen LogP contribution in [0.1, 0.15) is 5.56 Å². The van der Waals surface area contributed by atoms with Gasteiger partial charge in [-0.2, -0.15) is 5.26 Å². The van der Waals surface area contributed by atoms with E-state index in [1.165, 1.54) is 0 Å². The van der Waals surface area contributed by atoms with Crippen LogP contribution in [0.5, 0.6) is 11.5 Å². The molecule has 0 heterocycles. The summed E-state index contributed by atoms with van der Waals surface area (Å²) in [5, 5.41) is 30.8. The second-order valence-corrected chi connectivity index (χ2v) is 3.88. The third-order valence-corrected chi connectivity index (χ3v) is 2.55. The van der Waals surface area contributed by atoms with Crippen molar-refractivity contribution in [2.24, 2.45) is 0 Å². The summed E-state index contributed by atoms with van der Waals surface area (Å²) in [5.74, 6) is -0.0368. The second kappa shape index (κ2) is 5.66. The van der Waals surface area contributed by atoms with E-state index in [0.29, 0.717) is 0 Å². The molecule has 2 aromatic carbocycles. The van der Waals surface area contributed by atoms with Crippen molar-refractivity contribution < 1.29 is 14.6 Å². The van der Waals surface area contributed by atoms with E-state index in [1.807, 2.05) is 0 Å². The Bertz CT molecular complexity index is 752. The largest absolute Gasteiger partial charge is 0.449 e. The molecule has 8 nitrogen and oxygen atoms in total. The topological polar surface area (TPSA) is 119 Å². The molecule has 0 fully saturated rings. The van der Waals surface area contributed by atoms with Gasteiger partial charge in [-0.25, -0.2) is 0 Å². The Hall–Kier alpha value is -3.47. The first-order chi connectivity index (χ1) is 10.0. The Balaban J connectivity index is 2.60. The van der Waals surface area contributed by atoms with Gasteiger partial charge in [-0.15, -0.1) is 0 Å². The summed E-state index contributed by atoms with van der Waals surface area (Å²) < 4.78 is 5.34. The van der Waals surface area contributed by atoms with Gasteiger partial charge in [-0.1, -0.05) is 18.2 Å². The van der Waals surface area contributed by atoms with Crippen LogP contribution in [0.2, 0.25) is 0 Å². The van der Waals surface area contributed by atoms with Gasteiger partial charge in [0.25, 0.3) is 5.69 Å². The fraction of sp³-hybridized carbons (Fsp3) is 0. The zero-order chi connectivity index (χ0) is 15.4. The molecule has 0 aliphatic carbocycles. The number of benzene rings is 2. The minimum Gasteiger partial charge on any atom is -0.449 e. The maximum Gasteiger partial charge on any atom is 0.319 e. The quantitative estimate of drug-likeness (QED) is 0.628. The highest BCUT2D eigenvalue weighted by Crippen LogP contribution is 2.37. The van der Waals surface area contributed by atoms with Crippen molar-refractivity contribution in [1.82, 2.24) is 0 Å². The Labute approximate surface area is 118 Å². The van der Waals surface area contributed by atoms with E-state index in [-0.39, 0.29) is 17.1 Å². The van der Waals surface area contributed by atoms with Crippen LogP contribution in [0.15, 0.2) is 42.5 Å². The minimum absolute atomic E-state index is 0.278. The molecule has 2 rings (SSSR count). The first kappa shape index (κ1) is 14.0. The molecule has 0 saturated heterocycles. The number of ether oxygens (including phenoxy) is 1. The highest BCUT2D eigenvalue weighted by molar-refractivity contribution is 5.63. The number of nitro groups is 2. The van der Waals surface area contributed by atoms with Crippen LogP contribution < -0.4 is 4.74 Å². The molecule has 0 N–H and O–H groups in total. The first-order valence-corrected chi connectivity index (χ1v) is 5.62. The Morgan fingerprint density at radius 1 is 1.05 bits per heavy atom. The van der Waals surface area contributed by atoms with Crippen LogP contribution in [0.4, 0.5) is 11.4 Å². The van der Waals surface area contributed by atoms with Gasteiger partial charge in [-0.05, 0) is 12.1 Å². The van der Waals surface area contributed by atoms with E-state index in [4.69, 9.17) is 10.00 Å². The van der Waals surface area contributed by atoms with Crippen molar-refractivity contribution >= 4 is 11.4 Å². The van der Waals surface area contributed by atoms with Gasteiger partial charge in [0.15, 0.2) is 0 Å². The summed E-state index contributed by atoms with van der Waals surface area (Å²) in [6.07, 6.45) is 0. The third kappa shape index (κ3) is 2.93. The van der Waals surface area contributed by atoms with E-state index in [2.05, 4.69) is 0 Å². The van der Waals surface area contributed by atoms with Gasteiger partial charge in [0.05, 0.1) is 15.9 Å². The molecule has 0 saturated carbocycles. The third-order valence-electron chi connectivity index (χ3n) is 2.55. The average molecular weight is 285 g/mol. The maximum atomic E-state index is 11.0. The molecule has 0 unspecified atom stereocenters. The van der Waals surface area contributed by atoms with Gasteiger partial charge < -0.3 is 4.74 Å². The van der Waals surface area contributed by atoms with E-state index in [1.54, 1.807) is 36.4 Å². The molecule has 0 atom stereocenters. The summed E-state index contributed by atoms with van der Waals surface area (Å²) >= 11 is 0. The van der Waals surface area contributed by atoms with Crippen LogP contribution in [-0.2, 0) is 0 Å². The van der Waals surface area contributed by atoms with Crippen molar-refractivity contribution in [1.29, 1.82) is 5.26 Å². The minimum atomic E-state index is -0.827. The van der Waals surface area contributed by atoms with E-state index < -0.39 is 21.2 Å². The van der Waals surface area contributed by atoms with Crippen molar-refractivity contribution in [2.45, 2.75) is 0 Å². The fourth-order valence-corrected chi connectivity index (χ4v) is 1.64. The summed E-state index contributed by atoms with van der Waals surface area (Å²) in [6.45, 7) is 0. The molecule has 0 radical (unpaired) electrons. The molecule has 104 valence electrons. The molecular formula is C13H7N3O5. The van der Waals surface area contributed by atoms with Gasteiger partial charge in [-0.3, -0.25) is 20.2 Å². The number of hydrogen-bond acceptors (Lipinski definition) is 6. The lowest BCUT2D eigenvalue weighted by atomic mass is 10.1. The number of nitriles is 1. The summed E-state index contributed by atoms with van der Waals surface area (Å²) in [7, 11) is 0. The fourth-order valence-electron chi connectivity index (χ4n) is 1.64. The Kier molecular flexibility index (Phi) is 3.76. The number of nitro benzene ring substituents is 2. The molecule has 0 aromatic heterocycles. The highest BCUT2D eigenvalue weighted by atomic mass is 16.6. The second-order valence-electron chi connectivity index (χ2n) is 3.88. The van der Waals surface area contributed by atoms with E-state index >= 15 is 0 Å². The smallest absolute Gasteiger partial charge is 0.319 e. The molecule has 0 spiro atoms. The Morgan fingerprint density at radius 3 is 2.24 bits per heavy atom. The molecular weight excluding hydrogens is 278 g/mol. The zero-order valence-corrected chi connectivity index (χ0v) is 10.4. The molecule has 0 amide bonds. The summed E-state index contributed by atoms with van der Waals surface area (Å²) in [5.41, 5.74) is -1.46. The van der Waals surface area contributed by atoms with Gasteiger partial charge in [0.1, 0.15) is 17.4 Å². The van der Waals surface area contributed by atoms with Gasteiger partial charge >= 0.3 is 5.69 Å². The lowest BCUT2D eigenvalue weighted by Gasteiger charge is -2.07. The Morgan fingerprint density at radius 2 is 1.71 bits per heavy atom.